The molecule has 0 heterocycles. The quantitative estimate of drug-likeness (QED) is 0.641. The van der Waals surface area contributed by atoms with Crippen molar-refractivity contribution < 1.29 is 9.59 Å². The molecule has 0 saturated heterocycles. The van der Waals surface area contributed by atoms with Crippen molar-refractivity contribution >= 4 is 41.1 Å². The number of hydrogen-bond acceptors (Lipinski definition) is 2. The fourth-order valence-electron chi connectivity index (χ4n) is 0.901. The number of benzene rings is 1. The van der Waals surface area contributed by atoms with Gasteiger partial charge in [-0.3, -0.25) is 9.59 Å². The number of carbonyl (C=O) groups is 2. The Morgan fingerprint density at radius 2 is 2.00 bits per heavy atom. The minimum atomic E-state index is -1.14. The number of nitrogens with one attached hydrogen (secondary N) is 1. The van der Waals surface area contributed by atoms with Crippen LogP contribution in [0.1, 0.15) is 10.4 Å². The molecule has 0 fully saturated rings. The van der Waals surface area contributed by atoms with Crippen LogP contribution in [0.25, 0.3) is 0 Å². The van der Waals surface area contributed by atoms with Gasteiger partial charge in [-0.15, -0.1) is 0 Å². The Hall–Kier alpha value is -1.06. The third-order valence-electron chi connectivity index (χ3n) is 1.54. The van der Waals surface area contributed by atoms with Gasteiger partial charge in [0.1, 0.15) is 0 Å². The predicted octanol–water partition coefficient (Wildman–Crippen LogP) is 2.24. The first kappa shape index (κ1) is 11.0. The molecule has 3 nitrogen and oxygen atoms in total. The van der Waals surface area contributed by atoms with Crippen molar-refractivity contribution in [2.24, 2.45) is 0 Å². The lowest BCUT2D eigenvalue weighted by Crippen LogP contribution is -2.19. The minimum absolute atomic E-state index is 0.384. The summed E-state index contributed by atoms with van der Waals surface area (Å²) in [6.45, 7) is 0. The van der Waals surface area contributed by atoms with Gasteiger partial charge in [-0.2, -0.15) is 0 Å². The zero-order chi connectivity index (χ0) is 10.6. The molecule has 74 valence electrons. The number of hydrogen-bond donors (Lipinski definition) is 1. The van der Waals surface area contributed by atoms with Crippen LogP contribution in [0.15, 0.2) is 24.3 Å². The minimum Gasteiger partial charge on any atom is -0.323 e. The van der Waals surface area contributed by atoms with Crippen molar-refractivity contribution in [1.82, 2.24) is 0 Å². The van der Waals surface area contributed by atoms with Crippen LogP contribution < -0.4 is 5.32 Å². The largest absolute Gasteiger partial charge is 0.323 e. The third-order valence-corrected chi connectivity index (χ3v) is 1.94. The fraction of sp³-hybridized carbons (Fsp3) is 0.111. The molecule has 0 unspecified atom stereocenters. The standard InChI is InChI=1S/C9H7Cl2NO2/c10-8(11)9(14)12-7-4-2-1-3-6(7)5-13/h1-5,8H,(H,12,14). The van der Waals surface area contributed by atoms with Crippen molar-refractivity contribution in [3.8, 4) is 0 Å². The summed E-state index contributed by atoms with van der Waals surface area (Å²) in [6, 6.07) is 6.57. The Kier molecular flexibility index (Phi) is 3.92. The average molecular weight is 232 g/mol. The van der Waals surface area contributed by atoms with E-state index in [4.69, 9.17) is 23.2 Å². The highest BCUT2D eigenvalue weighted by Crippen LogP contribution is 2.14. The highest BCUT2D eigenvalue weighted by Gasteiger charge is 2.12. The number of amides is 1. The maximum absolute atomic E-state index is 11.1. The summed E-state index contributed by atoms with van der Waals surface area (Å²) < 4.78 is 0. The predicted molar refractivity (Wildman–Crippen MR) is 56.0 cm³/mol. The SMILES string of the molecule is O=Cc1ccccc1NC(=O)C(Cl)Cl. The van der Waals surface area contributed by atoms with Crippen LogP contribution in [0.4, 0.5) is 5.69 Å². The molecule has 0 atom stereocenters. The molecular formula is C9H7Cl2NO2. The first-order valence-corrected chi connectivity index (χ1v) is 4.65. The van der Waals surface area contributed by atoms with Crippen LogP contribution in [0.5, 0.6) is 0 Å². The van der Waals surface area contributed by atoms with Gasteiger partial charge in [0.05, 0.1) is 5.69 Å². The monoisotopic (exact) mass is 231 g/mol. The van der Waals surface area contributed by atoms with Crippen molar-refractivity contribution in [3.63, 3.8) is 0 Å². The van der Waals surface area contributed by atoms with Crippen LogP contribution in [-0.2, 0) is 4.79 Å². The zero-order valence-electron chi connectivity index (χ0n) is 7.04. The van der Waals surface area contributed by atoms with E-state index in [-0.39, 0.29) is 0 Å². The first-order valence-electron chi connectivity index (χ1n) is 3.78. The summed E-state index contributed by atoms with van der Waals surface area (Å²) >= 11 is 10.7. The van der Waals surface area contributed by atoms with E-state index in [0.717, 1.165) is 0 Å². The first-order chi connectivity index (χ1) is 6.65. The Morgan fingerprint density at radius 1 is 1.36 bits per heavy atom. The Bertz CT molecular complexity index is 352. The normalized spacial score (nSPS) is 9.93. The summed E-state index contributed by atoms with van der Waals surface area (Å²) in [6.07, 6.45) is 0.646. The number of para-hydroxylation sites is 1. The molecule has 1 aromatic carbocycles. The molecule has 0 aliphatic heterocycles. The molecule has 0 aliphatic carbocycles. The molecule has 5 heteroatoms. The average Bonchev–Trinajstić information content (AvgIpc) is 2.18. The second-order valence-electron chi connectivity index (χ2n) is 2.50. The maximum atomic E-state index is 11.1. The Balaban J connectivity index is 2.85. The van der Waals surface area contributed by atoms with Gasteiger partial charge in [-0.25, -0.2) is 0 Å². The van der Waals surface area contributed by atoms with E-state index < -0.39 is 10.7 Å². The van der Waals surface area contributed by atoms with E-state index >= 15 is 0 Å². The van der Waals surface area contributed by atoms with Gasteiger partial charge in [0.15, 0.2) is 11.1 Å². The summed E-state index contributed by atoms with van der Waals surface area (Å²) in [7, 11) is 0. The molecule has 1 N–H and O–H groups in total. The van der Waals surface area contributed by atoms with Gasteiger partial charge < -0.3 is 5.32 Å². The topological polar surface area (TPSA) is 46.2 Å². The lowest BCUT2D eigenvalue weighted by Gasteiger charge is -2.06. The van der Waals surface area contributed by atoms with Crippen molar-refractivity contribution in [3.05, 3.63) is 29.8 Å². The summed E-state index contributed by atoms with van der Waals surface area (Å²) in [5.41, 5.74) is 0.786. The van der Waals surface area contributed by atoms with Crippen molar-refractivity contribution in [2.45, 2.75) is 4.84 Å². The van der Waals surface area contributed by atoms with Gasteiger partial charge in [0, 0.05) is 5.56 Å². The smallest absolute Gasteiger partial charge is 0.257 e. The Labute approximate surface area is 91.0 Å². The van der Waals surface area contributed by atoms with Crippen LogP contribution in [0, 0.1) is 0 Å². The van der Waals surface area contributed by atoms with Crippen molar-refractivity contribution in [2.75, 3.05) is 5.32 Å². The summed E-state index contributed by atoms with van der Waals surface area (Å²) in [5.74, 6) is -0.553. The second kappa shape index (κ2) is 4.98. The van der Waals surface area contributed by atoms with E-state index in [1.165, 1.54) is 0 Å². The van der Waals surface area contributed by atoms with E-state index in [1.54, 1.807) is 24.3 Å². The van der Waals surface area contributed by atoms with E-state index in [1.807, 2.05) is 0 Å². The zero-order valence-corrected chi connectivity index (χ0v) is 8.55. The van der Waals surface area contributed by atoms with Gasteiger partial charge in [-0.1, -0.05) is 35.3 Å². The summed E-state index contributed by atoms with van der Waals surface area (Å²) in [4.78, 5) is 20.5. The molecule has 14 heavy (non-hydrogen) atoms. The van der Waals surface area contributed by atoms with Gasteiger partial charge in [0.25, 0.3) is 5.91 Å². The van der Waals surface area contributed by atoms with Gasteiger partial charge in [-0.05, 0) is 12.1 Å². The molecule has 1 aromatic rings. The van der Waals surface area contributed by atoms with Crippen LogP contribution in [-0.4, -0.2) is 17.0 Å². The number of halogens is 2. The number of anilines is 1. The molecule has 1 amide bonds. The van der Waals surface area contributed by atoms with Crippen LogP contribution in [0.3, 0.4) is 0 Å². The second-order valence-corrected chi connectivity index (χ2v) is 3.59. The molecule has 0 radical (unpaired) electrons. The Morgan fingerprint density at radius 3 is 2.57 bits per heavy atom. The molecule has 0 bridgehead atoms. The lowest BCUT2D eigenvalue weighted by molar-refractivity contribution is -0.114. The molecule has 0 aliphatic rings. The van der Waals surface area contributed by atoms with Crippen molar-refractivity contribution in [1.29, 1.82) is 0 Å². The number of rotatable bonds is 3. The van der Waals surface area contributed by atoms with Crippen LogP contribution >= 0.6 is 23.2 Å². The number of carbonyl (C=O) groups excluding carboxylic acids is 2. The number of alkyl halides is 2. The molecule has 0 spiro atoms. The number of aldehydes is 1. The maximum Gasteiger partial charge on any atom is 0.257 e. The molecule has 0 aromatic heterocycles. The van der Waals surface area contributed by atoms with E-state index in [0.29, 0.717) is 17.5 Å². The highest BCUT2D eigenvalue weighted by molar-refractivity contribution is 6.54. The fourth-order valence-corrected chi connectivity index (χ4v) is 1.01. The summed E-state index contributed by atoms with van der Waals surface area (Å²) in [5, 5.41) is 2.43. The van der Waals surface area contributed by atoms with Gasteiger partial charge in [0.2, 0.25) is 0 Å². The van der Waals surface area contributed by atoms with E-state index in [9.17, 15) is 9.59 Å². The molecular weight excluding hydrogens is 225 g/mol. The molecule has 1 rings (SSSR count). The highest BCUT2D eigenvalue weighted by atomic mass is 35.5. The van der Waals surface area contributed by atoms with Crippen LogP contribution in [0.2, 0.25) is 0 Å². The lowest BCUT2D eigenvalue weighted by atomic mass is 10.2. The van der Waals surface area contributed by atoms with E-state index in [2.05, 4.69) is 5.32 Å². The van der Waals surface area contributed by atoms with Gasteiger partial charge >= 0.3 is 0 Å². The third kappa shape index (κ3) is 2.72. The molecule has 0 saturated carbocycles.